The number of fused-ring (bicyclic) bond motifs is 2. The molecule has 0 bridgehead atoms. The van der Waals surface area contributed by atoms with E-state index >= 15 is 0 Å². The molecular weight excluding hydrogens is 354 g/mol. The summed E-state index contributed by atoms with van der Waals surface area (Å²) in [7, 11) is 0. The van der Waals surface area contributed by atoms with Crippen molar-refractivity contribution in [3.05, 3.63) is 66.2 Å². The van der Waals surface area contributed by atoms with Crippen LogP contribution in [0.3, 0.4) is 0 Å². The van der Waals surface area contributed by atoms with Crippen LogP contribution in [0.5, 0.6) is 17.2 Å². The van der Waals surface area contributed by atoms with Crippen LogP contribution in [0.15, 0.2) is 60.7 Å². The highest BCUT2D eigenvalue weighted by Crippen LogP contribution is 2.32. The van der Waals surface area contributed by atoms with Crippen LogP contribution in [0.2, 0.25) is 0 Å². The van der Waals surface area contributed by atoms with Crippen LogP contribution < -0.4 is 19.5 Å². The summed E-state index contributed by atoms with van der Waals surface area (Å²) in [4.78, 5) is 12.7. The molecule has 1 N–H and O–H groups in total. The van der Waals surface area contributed by atoms with Gasteiger partial charge in [0.25, 0.3) is 5.91 Å². The van der Waals surface area contributed by atoms with Gasteiger partial charge in [-0.05, 0) is 43.0 Å². The molecule has 1 heterocycles. The lowest BCUT2D eigenvalue weighted by Crippen LogP contribution is -2.37. The van der Waals surface area contributed by atoms with E-state index in [0.717, 1.165) is 22.1 Å². The molecule has 5 heteroatoms. The molecule has 1 aliphatic rings. The first kappa shape index (κ1) is 18.2. The third-order valence-electron chi connectivity index (χ3n) is 4.85. The fourth-order valence-corrected chi connectivity index (χ4v) is 3.29. The van der Waals surface area contributed by atoms with Gasteiger partial charge in [0.1, 0.15) is 19.0 Å². The maximum absolute atomic E-state index is 12.7. The smallest absolute Gasteiger partial charge is 0.261 e. The highest BCUT2D eigenvalue weighted by molar-refractivity contribution is 5.89. The Morgan fingerprint density at radius 2 is 1.71 bits per heavy atom. The third-order valence-corrected chi connectivity index (χ3v) is 4.85. The fraction of sp³-hybridized carbons (Fsp3) is 0.261. The molecular formula is C23H23NO4. The van der Waals surface area contributed by atoms with Gasteiger partial charge in [-0.2, -0.15) is 0 Å². The average Bonchev–Trinajstić information content (AvgIpc) is 2.73. The molecule has 0 aromatic heterocycles. The number of rotatable bonds is 5. The first-order valence-corrected chi connectivity index (χ1v) is 9.46. The molecule has 144 valence electrons. The molecule has 0 spiro atoms. The predicted octanol–water partition coefficient (Wildman–Crippen LogP) is 4.26. The summed E-state index contributed by atoms with van der Waals surface area (Å²) in [5, 5.41) is 5.08. The number of carbonyl (C=O) groups is 1. The van der Waals surface area contributed by atoms with Gasteiger partial charge in [0.15, 0.2) is 17.6 Å². The Morgan fingerprint density at radius 3 is 2.57 bits per heavy atom. The molecule has 0 fully saturated rings. The molecule has 28 heavy (non-hydrogen) atoms. The Hall–Kier alpha value is -3.21. The normalized spacial score (nSPS) is 14.9. The minimum Gasteiger partial charge on any atom is -0.486 e. The summed E-state index contributed by atoms with van der Waals surface area (Å²) in [6, 6.07) is 19.4. The standard InChI is InChI=1S/C23H23NO4/c1-15(18-10-11-21-22(14-18)27-13-12-26-21)24-23(25)16(2)28-20-9-5-7-17-6-3-4-8-19(17)20/h3-11,14-16H,12-13H2,1-2H3,(H,24,25)/t15-,16+/m0/s1. The van der Waals surface area contributed by atoms with E-state index in [4.69, 9.17) is 14.2 Å². The van der Waals surface area contributed by atoms with E-state index in [9.17, 15) is 4.79 Å². The largest absolute Gasteiger partial charge is 0.486 e. The molecule has 0 saturated heterocycles. The summed E-state index contributed by atoms with van der Waals surface area (Å²) in [5.41, 5.74) is 0.954. The number of benzene rings is 3. The predicted molar refractivity (Wildman–Crippen MR) is 108 cm³/mol. The van der Waals surface area contributed by atoms with Crippen molar-refractivity contribution < 1.29 is 19.0 Å². The van der Waals surface area contributed by atoms with Crippen LogP contribution in [0.25, 0.3) is 10.8 Å². The molecule has 1 amide bonds. The second-order valence-electron chi connectivity index (χ2n) is 6.87. The average molecular weight is 377 g/mol. The lowest BCUT2D eigenvalue weighted by Gasteiger charge is -2.22. The molecule has 1 aliphatic heterocycles. The molecule has 3 aromatic carbocycles. The lowest BCUT2D eigenvalue weighted by molar-refractivity contribution is -0.127. The molecule has 0 unspecified atom stereocenters. The quantitative estimate of drug-likeness (QED) is 0.722. The highest BCUT2D eigenvalue weighted by Gasteiger charge is 2.20. The Kier molecular flexibility index (Phi) is 5.06. The summed E-state index contributed by atoms with van der Waals surface area (Å²) >= 11 is 0. The Balaban J connectivity index is 1.44. The van der Waals surface area contributed by atoms with Crippen molar-refractivity contribution in [2.24, 2.45) is 0 Å². The fourth-order valence-electron chi connectivity index (χ4n) is 3.29. The number of ether oxygens (including phenoxy) is 3. The summed E-state index contributed by atoms with van der Waals surface area (Å²) in [6.45, 7) is 4.79. The van der Waals surface area contributed by atoms with E-state index < -0.39 is 6.10 Å². The zero-order valence-corrected chi connectivity index (χ0v) is 16.0. The van der Waals surface area contributed by atoms with Crippen molar-refractivity contribution in [2.75, 3.05) is 13.2 Å². The molecule has 2 atom stereocenters. The van der Waals surface area contributed by atoms with Gasteiger partial charge in [-0.3, -0.25) is 4.79 Å². The zero-order valence-electron chi connectivity index (χ0n) is 16.0. The van der Waals surface area contributed by atoms with Crippen molar-refractivity contribution in [1.82, 2.24) is 5.32 Å². The lowest BCUT2D eigenvalue weighted by atomic mass is 10.1. The van der Waals surface area contributed by atoms with E-state index in [1.54, 1.807) is 6.92 Å². The van der Waals surface area contributed by atoms with Crippen molar-refractivity contribution in [3.8, 4) is 17.2 Å². The van der Waals surface area contributed by atoms with Gasteiger partial charge in [-0.1, -0.05) is 42.5 Å². The van der Waals surface area contributed by atoms with Crippen molar-refractivity contribution in [1.29, 1.82) is 0 Å². The minimum absolute atomic E-state index is 0.171. The maximum Gasteiger partial charge on any atom is 0.261 e. The van der Waals surface area contributed by atoms with Crippen LogP contribution in [0, 0.1) is 0 Å². The van der Waals surface area contributed by atoms with Gasteiger partial charge >= 0.3 is 0 Å². The number of amides is 1. The summed E-state index contributed by atoms with van der Waals surface area (Å²) < 4.78 is 17.1. The van der Waals surface area contributed by atoms with Crippen LogP contribution >= 0.6 is 0 Å². The van der Waals surface area contributed by atoms with Gasteiger partial charge in [-0.25, -0.2) is 0 Å². The van der Waals surface area contributed by atoms with Crippen LogP contribution in [-0.2, 0) is 4.79 Å². The van der Waals surface area contributed by atoms with Crippen molar-refractivity contribution in [3.63, 3.8) is 0 Å². The number of carbonyl (C=O) groups excluding carboxylic acids is 1. The number of hydrogen-bond donors (Lipinski definition) is 1. The monoisotopic (exact) mass is 377 g/mol. The van der Waals surface area contributed by atoms with Gasteiger partial charge in [-0.15, -0.1) is 0 Å². The second kappa shape index (κ2) is 7.80. The molecule has 0 aliphatic carbocycles. The van der Waals surface area contributed by atoms with Gasteiger partial charge < -0.3 is 19.5 Å². The first-order valence-electron chi connectivity index (χ1n) is 9.46. The summed E-state index contributed by atoms with van der Waals surface area (Å²) in [6.07, 6.45) is -0.620. The SMILES string of the molecule is C[C@H](NC(=O)[C@@H](C)Oc1cccc2ccccc12)c1ccc2c(c1)OCCO2. The van der Waals surface area contributed by atoms with Gasteiger partial charge in [0, 0.05) is 5.39 Å². The van der Waals surface area contributed by atoms with Crippen molar-refractivity contribution >= 4 is 16.7 Å². The third kappa shape index (κ3) is 3.74. The van der Waals surface area contributed by atoms with Crippen LogP contribution in [0.4, 0.5) is 0 Å². The first-order chi connectivity index (χ1) is 13.6. The van der Waals surface area contributed by atoms with Crippen LogP contribution in [-0.4, -0.2) is 25.2 Å². The van der Waals surface area contributed by atoms with E-state index in [0.29, 0.717) is 24.7 Å². The van der Waals surface area contributed by atoms with Crippen molar-refractivity contribution in [2.45, 2.75) is 26.0 Å². The minimum atomic E-state index is -0.620. The van der Waals surface area contributed by atoms with Gasteiger partial charge in [0.2, 0.25) is 0 Å². The topological polar surface area (TPSA) is 56.8 Å². The molecule has 3 aromatic rings. The van der Waals surface area contributed by atoms with Gasteiger partial charge in [0.05, 0.1) is 6.04 Å². The Morgan fingerprint density at radius 1 is 0.964 bits per heavy atom. The maximum atomic E-state index is 12.7. The van der Waals surface area contributed by atoms with E-state index in [-0.39, 0.29) is 11.9 Å². The highest BCUT2D eigenvalue weighted by atomic mass is 16.6. The Labute approximate surface area is 164 Å². The number of hydrogen-bond acceptors (Lipinski definition) is 4. The zero-order chi connectivity index (χ0) is 19.5. The van der Waals surface area contributed by atoms with E-state index in [1.165, 1.54) is 0 Å². The Bertz CT molecular complexity index is 996. The number of nitrogens with one attached hydrogen (secondary N) is 1. The molecule has 0 radical (unpaired) electrons. The second-order valence-corrected chi connectivity index (χ2v) is 6.87. The molecule has 5 nitrogen and oxygen atoms in total. The van der Waals surface area contributed by atoms with Crippen LogP contribution in [0.1, 0.15) is 25.5 Å². The van der Waals surface area contributed by atoms with E-state index in [1.807, 2.05) is 67.6 Å². The molecule has 0 saturated carbocycles. The molecule has 4 rings (SSSR count). The van der Waals surface area contributed by atoms with E-state index in [2.05, 4.69) is 5.32 Å². The summed E-state index contributed by atoms with van der Waals surface area (Å²) in [5.74, 6) is 1.98.